The Bertz CT molecular complexity index is 488. The topological polar surface area (TPSA) is 98.3 Å². The molecule has 0 aliphatic carbocycles. The number of non-ortho nitro benzene ring substituents is 1. The molecule has 1 rings (SSSR count). The van der Waals surface area contributed by atoms with Gasteiger partial charge in [0.1, 0.15) is 0 Å². The normalized spacial score (nSPS) is 11.1. The number of anilines is 1. The van der Waals surface area contributed by atoms with Gasteiger partial charge < -0.3 is 11.1 Å². The van der Waals surface area contributed by atoms with Crippen LogP contribution in [0.5, 0.6) is 0 Å². The van der Waals surface area contributed by atoms with Crippen molar-refractivity contribution in [2.45, 2.75) is 13.8 Å². The summed E-state index contributed by atoms with van der Waals surface area (Å²) < 4.78 is 0.724. The van der Waals surface area contributed by atoms with Gasteiger partial charge in [0, 0.05) is 27.9 Å². The highest BCUT2D eigenvalue weighted by Gasteiger charge is 2.24. The number of nitrogens with two attached hydrogens (primary N) is 1. The number of benzene rings is 1. The van der Waals surface area contributed by atoms with E-state index in [9.17, 15) is 14.9 Å². The van der Waals surface area contributed by atoms with Crippen LogP contribution in [0.25, 0.3) is 0 Å². The molecule has 3 N–H and O–H groups in total. The highest BCUT2D eigenvalue weighted by molar-refractivity contribution is 14.1. The number of hydrogen-bond donors (Lipinski definition) is 2. The predicted molar refractivity (Wildman–Crippen MR) is 77.3 cm³/mol. The molecule has 0 saturated heterocycles. The SMILES string of the molecule is CC(C)(CNc1ccc([N+](=O)[O-])cc1I)C(N)=O. The van der Waals surface area contributed by atoms with E-state index in [4.69, 9.17) is 5.73 Å². The Morgan fingerprint density at radius 3 is 2.61 bits per heavy atom. The Morgan fingerprint density at radius 2 is 2.17 bits per heavy atom. The molecule has 0 saturated carbocycles. The lowest BCUT2D eigenvalue weighted by molar-refractivity contribution is -0.384. The minimum Gasteiger partial charge on any atom is -0.383 e. The first-order valence-corrected chi connectivity index (χ1v) is 6.29. The smallest absolute Gasteiger partial charge is 0.270 e. The number of nitrogens with zero attached hydrogens (tertiary/aromatic N) is 1. The van der Waals surface area contributed by atoms with Crippen LogP contribution in [0.2, 0.25) is 0 Å². The maximum Gasteiger partial charge on any atom is 0.270 e. The van der Waals surface area contributed by atoms with E-state index in [1.165, 1.54) is 12.1 Å². The van der Waals surface area contributed by atoms with Gasteiger partial charge in [0.05, 0.1) is 10.3 Å². The molecule has 1 amide bonds. The molecule has 0 bridgehead atoms. The number of amides is 1. The number of rotatable bonds is 5. The van der Waals surface area contributed by atoms with E-state index in [-0.39, 0.29) is 5.69 Å². The molecule has 0 unspecified atom stereocenters. The lowest BCUT2D eigenvalue weighted by Crippen LogP contribution is -2.37. The predicted octanol–water partition coefficient (Wildman–Crippen LogP) is 2.12. The molecular weight excluding hydrogens is 349 g/mol. The van der Waals surface area contributed by atoms with E-state index < -0.39 is 16.2 Å². The Kier molecular flexibility index (Phi) is 4.49. The summed E-state index contributed by atoms with van der Waals surface area (Å²) in [6, 6.07) is 4.51. The minimum absolute atomic E-state index is 0.0408. The monoisotopic (exact) mass is 363 g/mol. The number of nitrogens with one attached hydrogen (secondary N) is 1. The van der Waals surface area contributed by atoms with Crippen molar-refractivity contribution in [3.8, 4) is 0 Å². The van der Waals surface area contributed by atoms with Gasteiger partial charge in [0.25, 0.3) is 5.69 Å². The number of carbonyl (C=O) groups excluding carboxylic acids is 1. The van der Waals surface area contributed by atoms with E-state index >= 15 is 0 Å². The number of nitro benzene ring substituents is 1. The Balaban J connectivity index is 2.81. The fourth-order valence-corrected chi connectivity index (χ4v) is 1.85. The van der Waals surface area contributed by atoms with Crippen molar-refractivity contribution < 1.29 is 9.72 Å². The number of hydrogen-bond acceptors (Lipinski definition) is 4. The third kappa shape index (κ3) is 3.56. The zero-order chi connectivity index (χ0) is 13.9. The largest absolute Gasteiger partial charge is 0.383 e. The maximum atomic E-state index is 11.2. The lowest BCUT2D eigenvalue weighted by Gasteiger charge is -2.21. The minimum atomic E-state index is -0.676. The molecule has 0 atom stereocenters. The molecule has 7 heteroatoms. The van der Waals surface area contributed by atoms with Gasteiger partial charge in [-0.2, -0.15) is 0 Å². The summed E-state index contributed by atoms with van der Waals surface area (Å²) in [6.45, 7) is 3.84. The van der Waals surface area contributed by atoms with Crippen LogP contribution in [0.1, 0.15) is 13.8 Å². The molecule has 0 aliphatic rings. The van der Waals surface area contributed by atoms with Gasteiger partial charge in [0.15, 0.2) is 0 Å². The average molecular weight is 363 g/mol. The molecule has 0 fully saturated rings. The van der Waals surface area contributed by atoms with E-state index in [0.717, 1.165) is 9.26 Å². The van der Waals surface area contributed by atoms with Crippen molar-refractivity contribution in [1.82, 2.24) is 0 Å². The Labute approximate surface area is 118 Å². The van der Waals surface area contributed by atoms with Gasteiger partial charge in [-0.3, -0.25) is 14.9 Å². The first-order chi connectivity index (χ1) is 8.24. The van der Waals surface area contributed by atoms with Crippen molar-refractivity contribution in [2.75, 3.05) is 11.9 Å². The molecule has 0 aromatic heterocycles. The van der Waals surface area contributed by atoms with Gasteiger partial charge in [-0.25, -0.2) is 0 Å². The van der Waals surface area contributed by atoms with E-state index in [2.05, 4.69) is 5.32 Å². The summed E-state index contributed by atoms with van der Waals surface area (Å²) in [5, 5.41) is 13.7. The fourth-order valence-electron chi connectivity index (χ4n) is 1.16. The second-order valence-electron chi connectivity index (χ2n) is 4.52. The van der Waals surface area contributed by atoms with Gasteiger partial charge >= 0.3 is 0 Å². The van der Waals surface area contributed by atoms with Crippen molar-refractivity contribution in [1.29, 1.82) is 0 Å². The Hall–Kier alpha value is -1.38. The second-order valence-corrected chi connectivity index (χ2v) is 5.69. The third-order valence-corrected chi connectivity index (χ3v) is 3.44. The third-order valence-electron chi connectivity index (χ3n) is 2.55. The zero-order valence-electron chi connectivity index (χ0n) is 10.1. The summed E-state index contributed by atoms with van der Waals surface area (Å²) >= 11 is 2.01. The van der Waals surface area contributed by atoms with Crippen LogP contribution in [0.4, 0.5) is 11.4 Å². The van der Waals surface area contributed by atoms with E-state index in [0.29, 0.717) is 6.54 Å². The van der Waals surface area contributed by atoms with E-state index in [1.54, 1.807) is 19.9 Å². The van der Waals surface area contributed by atoms with Crippen molar-refractivity contribution in [2.24, 2.45) is 11.1 Å². The molecule has 1 aromatic carbocycles. The number of halogens is 1. The molecule has 0 aliphatic heterocycles. The van der Waals surface area contributed by atoms with Crippen LogP contribution in [0.3, 0.4) is 0 Å². The summed E-state index contributed by atoms with van der Waals surface area (Å²) in [4.78, 5) is 21.3. The second kappa shape index (κ2) is 5.51. The van der Waals surface area contributed by atoms with Gasteiger partial charge in [-0.15, -0.1) is 0 Å². The lowest BCUT2D eigenvalue weighted by atomic mass is 9.93. The molecule has 1 aromatic rings. The zero-order valence-corrected chi connectivity index (χ0v) is 12.2. The molecule has 98 valence electrons. The summed E-state index contributed by atoms with van der Waals surface area (Å²) in [6.07, 6.45) is 0. The number of primary amides is 1. The summed E-state index contributed by atoms with van der Waals surface area (Å²) in [7, 11) is 0. The molecule has 18 heavy (non-hydrogen) atoms. The van der Waals surface area contributed by atoms with Crippen LogP contribution in [0, 0.1) is 19.1 Å². The number of nitro groups is 1. The van der Waals surface area contributed by atoms with Crippen LogP contribution < -0.4 is 11.1 Å². The average Bonchev–Trinajstić information content (AvgIpc) is 2.26. The van der Waals surface area contributed by atoms with E-state index in [1.807, 2.05) is 22.6 Å². The first-order valence-electron chi connectivity index (χ1n) is 5.22. The van der Waals surface area contributed by atoms with Crippen LogP contribution in [-0.4, -0.2) is 17.4 Å². The molecule has 0 heterocycles. The van der Waals surface area contributed by atoms with Crippen LogP contribution in [-0.2, 0) is 4.79 Å². The van der Waals surface area contributed by atoms with Gasteiger partial charge in [0.2, 0.25) is 5.91 Å². The molecule has 6 nitrogen and oxygen atoms in total. The van der Waals surface area contributed by atoms with Gasteiger partial charge in [-0.1, -0.05) is 0 Å². The van der Waals surface area contributed by atoms with Crippen LogP contribution in [0.15, 0.2) is 18.2 Å². The van der Waals surface area contributed by atoms with Crippen molar-refractivity contribution in [3.63, 3.8) is 0 Å². The molecular formula is C11H14IN3O3. The van der Waals surface area contributed by atoms with Crippen LogP contribution >= 0.6 is 22.6 Å². The fraction of sp³-hybridized carbons (Fsp3) is 0.364. The quantitative estimate of drug-likeness (QED) is 0.476. The molecule has 0 spiro atoms. The molecule has 0 radical (unpaired) electrons. The first kappa shape index (κ1) is 14.7. The van der Waals surface area contributed by atoms with Crippen molar-refractivity contribution >= 4 is 39.9 Å². The summed E-state index contributed by atoms with van der Waals surface area (Å²) in [5.41, 5.74) is 5.38. The standard InChI is InChI=1S/C11H14IN3O3/c1-11(2,10(13)16)6-14-9-4-3-7(15(17)18)5-8(9)12/h3-5,14H,6H2,1-2H3,(H2,13,16). The highest BCUT2D eigenvalue weighted by atomic mass is 127. The number of carbonyl (C=O) groups is 1. The van der Waals surface area contributed by atoms with Crippen molar-refractivity contribution in [3.05, 3.63) is 31.9 Å². The summed E-state index contributed by atoms with van der Waals surface area (Å²) in [5.74, 6) is -0.396. The Morgan fingerprint density at radius 1 is 1.56 bits per heavy atom. The highest BCUT2D eigenvalue weighted by Crippen LogP contribution is 2.25. The van der Waals surface area contributed by atoms with Gasteiger partial charge in [-0.05, 0) is 42.5 Å². The maximum absolute atomic E-state index is 11.2.